The zero-order valence-corrected chi connectivity index (χ0v) is 15.7. The zero-order valence-electron chi connectivity index (χ0n) is 14.7. The Hall–Kier alpha value is -0.0631. The van der Waals surface area contributed by atoms with E-state index in [1.807, 2.05) is 27.7 Å². The average Bonchev–Trinajstić information content (AvgIpc) is 2.33. The molecule has 0 aromatic heterocycles. The van der Waals surface area contributed by atoms with Crippen molar-refractivity contribution in [1.82, 2.24) is 4.90 Å². The molecule has 0 saturated carbocycles. The predicted octanol–water partition coefficient (Wildman–Crippen LogP) is -0.455. The molecule has 0 spiro atoms. The molecule has 0 aliphatic carbocycles. The lowest BCUT2D eigenvalue weighted by Crippen LogP contribution is -2.64. The molecule has 0 aliphatic rings. The second kappa shape index (κ2) is 8.70. The summed E-state index contributed by atoms with van der Waals surface area (Å²) >= 11 is 0. The van der Waals surface area contributed by atoms with Crippen LogP contribution in [0, 0.1) is 0 Å². The molecule has 0 aliphatic heterocycles. The van der Waals surface area contributed by atoms with Gasteiger partial charge in [0.15, 0.2) is 0 Å². The summed E-state index contributed by atoms with van der Waals surface area (Å²) in [5, 5.41) is 27.2. The molecule has 0 rings (SSSR count). The third-order valence-corrected chi connectivity index (χ3v) is 8.87. The maximum absolute atomic E-state index is 9.45. The van der Waals surface area contributed by atoms with Crippen LogP contribution in [-0.2, 0) is 4.43 Å². The molecule has 0 aromatic carbocycles. The quantitative estimate of drug-likeness (QED) is 0.255. The molecular weight excluding hydrogens is 302 g/mol. The van der Waals surface area contributed by atoms with Gasteiger partial charge < -0.3 is 31.2 Å². The molecule has 22 heavy (non-hydrogen) atoms. The molecule has 2 unspecified atom stereocenters. The zero-order chi connectivity index (χ0) is 17.6. The molecule has 0 radical (unpaired) electrons. The van der Waals surface area contributed by atoms with Crippen LogP contribution in [0.15, 0.2) is 0 Å². The van der Waals surface area contributed by atoms with Gasteiger partial charge in [-0.05, 0) is 46.7 Å². The van der Waals surface area contributed by atoms with E-state index < -0.39 is 25.3 Å². The van der Waals surface area contributed by atoms with Crippen LogP contribution < -0.4 is 11.5 Å². The highest BCUT2D eigenvalue weighted by atomic mass is 28.4. The molecule has 8 heteroatoms. The summed E-state index contributed by atoms with van der Waals surface area (Å²) in [6.07, 6.45) is -0.0704. The molecule has 0 amide bonds. The fraction of sp³-hybridized carbons (Fsp3) is 1.00. The molecule has 0 bridgehead atoms. The maximum Gasteiger partial charge on any atom is 0.211 e. The fourth-order valence-corrected chi connectivity index (χ4v) is 5.30. The Bertz CT molecular complexity index is 320. The largest absolute Gasteiger partial charge is 0.398 e. The second-order valence-corrected chi connectivity index (χ2v) is 11.8. The second-order valence-electron chi connectivity index (χ2n) is 7.32. The number of aliphatic hydroxyl groups excluding tert-OH is 3. The van der Waals surface area contributed by atoms with Crippen molar-refractivity contribution in [3.63, 3.8) is 0 Å². The summed E-state index contributed by atoms with van der Waals surface area (Å²) in [6.45, 7) is 10.0. The maximum atomic E-state index is 9.45. The van der Waals surface area contributed by atoms with E-state index in [0.29, 0.717) is 6.54 Å². The van der Waals surface area contributed by atoms with E-state index in [0.717, 1.165) is 12.5 Å². The molecule has 7 nitrogen and oxygen atoms in total. The van der Waals surface area contributed by atoms with Gasteiger partial charge in [-0.2, -0.15) is 0 Å². The minimum atomic E-state index is -2.28. The summed E-state index contributed by atoms with van der Waals surface area (Å²) in [6, 6.07) is 0.794. The molecule has 7 N–H and O–H groups in total. The highest BCUT2D eigenvalue weighted by molar-refractivity contribution is 6.75. The fourth-order valence-electron chi connectivity index (χ4n) is 2.30. The lowest BCUT2D eigenvalue weighted by molar-refractivity contribution is 0.0248. The number of aliphatic hydroxyl groups is 3. The van der Waals surface area contributed by atoms with E-state index in [9.17, 15) is 10.2 Å². The summed E-state index contributed by atoms with van der Waals surface area (Å²) in [7, 11) is -2.28. The van der Waals surface area contributed by atoms with Gasteiger partial charge in [-0.3, -0.25) is 4.90 Å². The summed E-state index contributed by atoms with van der Waals surface area (Å²) in [4.78, 5) is 1.69. The Morgan fingerprint density at radius 3 is 2.09 bits per heavy atom. The van der Waals surface area contributed by atoms with Crippen LogP contribution in [0.25, 0.3) is 0 Å². The van der Waals surface area contributed by atoms with E-state index in [4.69, 9.17) is 21.0 Å². The molecule has 0 heterocycles. The summed E-state index contributed by atoms with van der Waals surface area (Å²) < 4.78 is 6.13. The van der Waals surface area contributed by atoms with Gasteiger partial charge in [0.05, 0.1) is 25.2 Å². The van der Waals surface area contributed by atoms with Crippen LogP contribution in [0.5, 0.6) is 0 Å². The first kappa shape index (κ1) is 21.9. The normalized spacial score (nSPS) is 17.6. The lowest BCUT2D eigenvalue weighted by atomic mass is 10.3. The van der Waals surface area contributed by atoms with Crippen molar-refractivity contribution < 1.29 is 19.7 Å². The van der Waals surface area contributed by atoms with Crippen molar-refractivity contribution in [2.24, 2.45) is 11.5 Å². The van der Waals surface area contributed by atoms with Gasteiger partial charge in [0, 0.05) is 18.3 Å². The van der Waals surface area contributed by atoms with Crippen LogP contribution >= 0.6 is 0 Å². The van der Waals surface area contributed by atoms with Crippen molar-refractivity contribution >= 4 is 8.32 Å². The summed E-state index contributed by atoms with van der Waals surface area (Å²) in [5.74, 6) is 0. The van der Waals surface area contributed by atoms with Crippen molar-refractivity contribution in [3.05, 3.63) is 0 Å². The van der Waals surface area contributed by atoms with Gasteiger partial charge in [-0.15, -0.1) is 0 Å². The van der Waals surface area contributed by atoms with E-state index in [-0.39, 0.29) is 19.9 Å². The van der Waals surface area contributed by atoms with Crippen LogP contribution in [-0.4, -0.2) is 72.0 Å². The van der Waals surface area contributed by atoms with Gasteiger partial charge in [-0.1, -0.05) is 0 Å². The van der Waals surface area contributed by atoms with Crippen molar-refractivity contribution in [2.45, 2.75) is 63.7 Å². The molecule has 2 atom stereocenters. The van der Waals surface area contributed by atoms with Crippen molar-refractivity contribution in [2.75, 3.05) is 26.4 Å². The monoisotopic (exact) mass is 337 g/mol. The van der Waals surface area contributed by atoms with Crippen molar-refractivity contribution in [1.29, 1.82) is 0 Å². The third kappa shape index (κ3) is 7.98. The minimum absolute atomic E-state index is 0.162. The molecule has 0 fully saturated rings. The van der Waals surface area contributed by atoms with Gasteiger partial charge in [0.2, 0.25) is 8.32 Å². The number of hydrogen-bond donors (Lipinski definition) is 5. The number of rotatable bonds is 11. The lowest BCUT2D eigenvalue weighted by Gasteiger charge is -2.43. The number of hydrogen-bond acceptors (Lipinski definition) is 7. The van der Waals surface area contributed by atoms with Crippen LogP contribution in [0.1, 0.15) is 34.1 Å². The van der Waals surface area contributed by atoms with E-state index in [2.05, 4.69) is 6.55 Å². The molecule has 0 aromatic rings. The molecule has 134 valence electrons. The van der Waals surface area contributed by atoms with Gasteiger partial charge >= 0.3 is 0 Å². The Morgan fingerprint density at radius 1 is 1.18 bits per heavy atom. The van der Waals surface area contributed by atoms with Gasteiger partial charge in [0.1, 0.15) is 0 Å². The first-order valence-electron chi connectivity index (χ1n) is 7.74. The highest BCUT2D eigenvalue weighted by Crippen LogP contribution is 2.28. The topological polar surface area (TPSA) is 125 Å². The average molecular weight is 338 g/mol. The standard InChI is InChI=1S/C14H35N3O4Si/c1-13(2,15)21-22(5,14(3,4)16)8-6-7-17(11-19)9-12(20)10-18/h12,18-20H,6-11,15-16H2,1-5H3. The summed E-state index contributed by atoms with van der Waals surface area (Å²) in [5.41, 5.74) is 11.6. The Kier molecular flexibility index (Phi) is 8.67. The van der Waals surface area contributed by atoms with E-state index in [1.54, 1.807) is 4.90 Å². The minimum Gasteiger partial charge on any atom is -0.398 e. The van der Waals surface area contributed by atoms with E-state index >= 15 is 0 Å². The number of nitrogens with zero attached hydrogens (tertiary/aromatic N) is 1. The van der Waals surface area contributed by atoms with E-state index in [1.165, 1.54) is 0 Å². The van der Waals surface area contributed by atoms with Gasteiger partial charge in [-0.25, -0.2) is 0 Å². The highest BCUT2D eigenvalue weighted by Gasteiger charge is 2.45. The SMILES string of the molecule is CC(C)(N)O[Si](C)(CCCN(CO)CC(O)CO)C(C)(C)N. The van der Waals surface area contributed by atoms with Crippen molar-refractivity contribution in [3.8, 4) is 0 Å². The molecular formula is C14H35N3O4Si. The predicted molar refractivity (Wildman–Crippen MR) is 90.4 cm³/mol. The Labute approximate surface area is 135 Å². The smallest absolute Gasteiger partial charge is 0.211 e. The Morgan fingerprint density at radius 2 is 1.73 bits per heavy atom. The first-order valence-corrected chi connectivity index (χ1v) is 10.4. The van der Waals surface area contributed by atoms with Crippen LogP contribution in [0.4, 0.5) is 0 Å². The Balaban J connectivity index is 4.64. The van der Waals surface area contributed by atoms with Crippen LogP contribution in [0.3, 0.4) is 0 Å². The first-order chi connectivity index (χ1) is 9.84. The van der Waals surface area contributed by atoms with Crippen LogP contribution in [0.2, 0.25) is 12.6 Å². The number of nitrogens with two attached hydrogens (primary N) is 2. The molecule has 0 saturated heterocycles. The van der Waals surface area contributed by atoms with Gasteiger partial charge in [0.25, 0.3) is 0 Å². The third-order valence-electron chi connectivity index (χ3n) is 3.86.